The van der Waals surface area contributed by atoms with E-state index >= 15 is 0 Å². The molecule has 0 unspecified atom stereocenters. The molecule has 5 nitrogen and oxygen atoms in total. The summed E-state index contributed by atoms with van der Waals surface area (Å²) in [4.78, 5) is 26.7. The van der Waals surface area contributed by atoms with Crippen LogP contribution in [-0.2, 0) is 22.2 Å². The first kappa shape index (κ1) is 22.9. The van der Waals surface area contributed by atoms with Crippen LogP contribution in [-0.4, -0.2) is 24.0 Å². The second-order valence-corrected chi connectivity index (χ2v) is 8.89. The summed E-state index contributed by atoms with van der Waals surface area (Å²) in [6.07, 6.45) is -1.60. The van der Waals surface area contributed by atoms with Gasteiger partial charge < -0.3 is 15.0 Å². The van der Waals surface area contributed by atoms with Gasteiger partial charge in [-0.3, -0.25) is 9.59 Å². The summed E-state index contributed by atoms with van der Waals surface area (Å²) >= 11 is 0. The maximum absolute atomic E-state index is 13.1. The van der Waals surface area contributed by atoms with Crippen LogP contribution in [0.3, 0.4) is 0 Å². The maximum Gasteiger partial charge on any atom is 0.416 e. The lowest BCUT2D eigenvalue weighted by atomic mass is 9.88. The predicted molar refractivity (Wildman–Crippen MR) is 120 cm³/mol. The van der Waals surface area contributed by atoms with Crippen molar-refractivity contribution in [2.24, 2.45) is 0 Å². The summed E-state index contributed by atoms with van der Waals surface area (Å²) < 4.78 is 45.2. The number of hydrogen-bond acceptors (Lipinski definition) is 3. The molecule has 2 aromatic rings. The highest BCUT2D eigenvalue weighted by atomic mass is 19.4. The lowest BCUT2D eigenvalue weighted by molar-refractivity contribution is -0.137. The number of hydrogen-bond donors (Lipinski definition) is 1. The van der Waals surface area contributed by atoms with E-state index in [1.807, 2.05) is 13.0 Å². The Labute approximate surface area is 190 Å². The third-order valence-electron chi connectivity index (χ3n) is 5.83. The molecule has 2 aliphatic heterocycles. The van der Waals surface area contributed by atoms with Crippen molar-refractivity contribution < 1.29 is 27.5 Å². The smallest absolute Gasteiger partial charge is 0.416 e. The molecule has 4 rings (SSSR count). The number of amides is 2. The van der Waals surface area contributed by atoms with Crippen LogP contribution in [0.4, 0.5) is 24.5 Å². The van der Waals surface area contributed by atoms with Crippen LogP contribution in [0, 0.1) is 0 Å². The van der Waals surface area contributed by atoms with Crippen molar-refractivity contribution in [3.05, 3.63) is 59.2 Å². The number of rotatable bonds is 3. The van der Waals surface area contributed by atoms with E-state index in [9.17, 15) is 22.8 Å². The molecule has 0 saturated heterocycles. The third-order valence-corrected chi connectivity index (χ3v) is 5.83. The third kappa shape index (κ3) is 4.74. The molecule has 0 atom stereocenters. The van der Waals surface area contributed by atoms with Gasteiger partial charge in [0.2, 0.25) is 11.8 Å². The molecule has 0 aliphatic carbocycles. The van der Waals surface area contributed by atoms with Crippen molar-refractivity contribution in [3.63, 3.8) is 0 Å². The Morgan fingerprint density at radius 2 is 1.94 bits per heavy atom. The number of halogens is 3. The molecule has 0 bridgehead atoms. The second kappa shape index (κ2) is 8.24. The van der Waals surface area contributed by atoms with Crippen molar-refractivity contribution in [2.45, 2.75) is 51.8 Å². The SMILES string of the molecule is CCN1C(=O)CCc2ccc(NC(=O)/C=C3\CC(C)(C)Oc4cc(C(F)(F)F)ccc43)cc21. The summed E-state index contributed by atoms with van der Waals surface area (Å²) in [6, 6.07) is 8.78. The minimum absolute atomic E-state index is 0.0508. The van der Waals surface area contributed by atoms with Crippen molar-refractivity contribution in [1.82, 2.24) is 0 Å². The quantitative estimate of drug-likeness (QED) is 0.611. The topological polar surface area (TPSA) is 58.6 Å². The number of carbonyl (C=O) groups excluding carboxylic acids is 2. The molecule has 0 aromatic heterocycles. The number of anilines is 2. The van der Waals surface area contributed by atoms with Crippen LogP contribution >= 0.6 is 0 Å². The zero-order chi connectivity index (χ0) is 24.0. The summed E-state index contributed by atoms with van der Waals surface area (Å²) in [5.41, 5.74) is 1.87. The zero-order valence-electron chi connectivity index (χ0n) is 18.7. The first-order chi connectivity index (χ1) is 15.5. The number of fused-ring (bicyclic) bond motifs is 2. The molecule has 0 spiro atoms. The standard InChI is InChI=1S/C25H25F3N2O3/c1-4-30-20-13-18(8-5-15(20)6-10-23(30)32)29-22(31)11-16-14-24(2,3)33-21-12-17(25(26,27)28)7-9-19(16)21/h5,7-9,11-13H,4,6,10,14H2,1-3H3,(H,29,31)/b16-11+. The molecule has 174 valence electrons. The fraction of sp³-hybridized carbons (Fsp3) is 0.360. The van der Waals surface area contributed by atoms with Gasteiger partial charge in [-0.15, -0.1) is 0 Å². The molecule has 1 N–H and O–H groups in total. The van der Waals surface area contributed by atoms with Crippen molar-refractivity contribution in [1.29, 1.82) is 0 Å². The molecule has 2 heterocycles. The van der Waals surface area contributed by atoms with Gasteiger partial charge in [-0.1, -0.05) is 12.1 Å². The van der Waals surface area contributed by atoms with E-state index in [0.717, 1.165) is 23.4 Å². The lowest BCUT2D eigenvalue weighted by Crippen LogP contribution is -2.34. The molecule has 0 saturated carbocycles. The van der Waals surface area contributed by atoms with Crippen LogP contribution in [0.5, 0.6) is 5.75 Å². The lowest BCUT2D eigenvalue weighted by Gasteiger charge is -2.34. The highest BCUT2D eigenvalue weighted by Crippen LogP contribution is 2.43. The normalized spacial score (nSPS) is 18.4. The molecule has 33 heavy (non-hydrogen) atoms. The Morgan fingerprint density at radius 3 is 2.64 bits per heavy atom. The van der Waals surface area contributed by atoms with Crippen LogP contribution in [0.25, 0.3) is 5.57 Å². The van der Waals surface area contributed by atoms with Gasteiger partial charge in [0, 0.05) is 42.4 Å². The van der Waals surface area contributed by atoms with E-state index in [4.69, 9.17) is 4.74 Å². The van der Waals surface area contributed by atoms with Crippen LogP contribution in [0.1, 0.15) is 50.3 Å². The van der Waals surface area contributed by atoms with Crippen LogP contribution in [0.2, 0.25) is 0 Å². The average Bonchev–Trinajstić information content (AvgIpc) is 2.71. The summed E-state index contributed by atoms with van der Waals surface area (Å²) in [5.74, 6) is -0.250. The highest BCUT2D eigenvalue weighted by molar-refractivity contribution is 6.05. The molecular weight excluding hydrogens is 433 g/mol. The molecule has 2 aliphatic rings. The largest absolute Gasteiger partial charge is 0.487 e. The summed E-state index contributed by atoms with van der Waals surface area (Å²) in [6.45, 7) is 5.97. The molecular formula is C25H25F3N2O3. The average molecular weight is 458 g/mol. The molecule has 2 aromatic carbocycles. The number of ether oxygens (including phenoxy) is 1. The first-order valence-electron chi connectivity index (χ1n) is 10.8. The number of alkyl halides is 3. The van der Waals surface area contributed by atoms with E-state index in [1.54, 1.807) is 30.9 Å². The number of aryl methyl sites for hydroxylation is 1. The maximum atomic E-state index is 13.1. The van der Waals surface area contributed by atoms with Gasteiger partial charge in [0.1, 0.15) is 11.4 Å². The van der Waals surface area contributed by atoms with Crippen molar-refractivity contribution in [3.8, 4) is 5.75 Å². The number of benzene rings is 2. The molecule has 0 radical (unpaired) electrons. The van der Waals surface area contributed by atoms with E-state index in [2.05, 4.69) is 5.32 Å². The van der Waals surface area contributed by atoms with Gasteiger partial charge in [-0.2, -0.15) is 13.2 Å². The van der Waals surface area contributed by atoms with E-state index in [0.29, 0.717) is 42.6 Å². The Hall–Kier alpha value is -3.29. The Kier molecular flexibility index (Phi) is 5.72. The predicted octanol–water partition coefficient (Wildman–Crippen LogP) is 5.59. The van der Waals surface area contributed by atoms with Gasteiger partial charge in [-0.05, 0) is 62.6 Å². The van der Waals surface area contributed by atoms with E-state index in [1.165, 1.54) is 12.1 Å². The van der Waals surface area contributed by atoms with Crippen LogP contribution in [0.15, 0.2) is 42.5 Å². The molecule has 2 amide bonds. The van der Waals surface area contributed by atoms with Crippen molar-refractivity contribution >= 4 is 28.8 Å². The van der Waals surface area contributed by atoms with Gasteiger partial charge in [0.15, 0.2) is 0 Å². The van der Waals surface area contributed by atoms with Gasteiger partial charge in [0.25, 0.3) is 0 Å². The highest BCUT2D eigenvalue weighted by Gasteiger charge is 2.35. The molecule has 0 fully saturated rings. The fourth-order valence-corrected chi connectivity index (χ4v) is 4.36. The monoisotopic (exact) mass is 458 g/mol. The van der Waals surface area contributed by atoms with Crippen LogP contribution < -0.4 is 15.0 Å². The fourth-order valence-electron chi connectivity index (χ4n) is 4.36. The van der Waals surface area contributed by atoms with Gasteiger partial charge >= 0.3 is 6.18 Å². The minimum Gasteiger partial charge on any atom is -0.487 e. The van der Waals surface area contributed by atoms with Gasteiger partial charge in [0.05, 0.1) is 5.56 Å². The number of nitrogens with one attached hydrogen (secondary N) is 1. The summed E-state index contributed by atoms with van der Waals surface area (Å²) in [5, 5.41) is 2.82. The Morgan fingerprint density at radius 1 is 1.18 bits per heavy atom. The summed E-state index contributed by atoms with van der Waals surface area (Å²) in [7, 11) is 0. The minimum atomic E-state index is -4.48. The van der Waals surface area contributed by atoms with Gasteiger partial charge in [-0.25, -0.2) is 0 Å². The number of carbonyl (C=O) groups is 2. The van der Waals surface area contributed by atoms with Crippen molar-refractivity contribution in [2.75, 3.05) is 16.8 Å². The Balaban J connectivity index is 1.62. The second-order valence-electron chi connectivity index (χ2n) is 8.89. The zero-order valence-corrected chi connectivity index (χ0v) is 18.7. The molecule has 8 heteroatoms. The first-order valence-corrected chi connectivity index (χ1v) is 10.8. The van der Waals surface area contributed by atoms with E-state index in [-0.39, 0.29) is 11.7 Å². The Bertz CT molecular complexity index is 1150. The number of nitrogens with zero attached hydrogens (tertiary/aromatic N) is 1. The van der Waals surface area contributed by atoms with E-state index < -0.39 is 23.2 Å².